The molecule has 0 aliphatic carbocycles. The van der Waals surface area contributed by atoms with Gasteiger partial charge in [-0.05, 0) is 37.9 Å². The Morgan fingerprint density at radius 3 is 2.86 bits per heavy atom. The molecule has 1 aromatic heterocycles. The van der Waals surface area contributed by atoms with Crippen molar-refractivity contribution >= 4 is 52.3 Å². The van der Waals surface area contributed by atoms with Crippen molar-refractivity contribution in [1.82, 2.24) is 9.88 Å². The molecule has 1 unspecified atom stereocenters. The number of aromatic nitrogens is 1. The van der Waals surface area contributed by atoms with Crippen LogP contribution in [0.2, 0.25) is 0 Å². The van der Waals surface area contributed by atoms with Gasteiger partial charge in [0.15, 0.2) is 0 Å². The maximum atomic E-state index is 12.3. The molecule has 1 aliphatic rings. The van der Waals surface area contributed by atoms with Crippen LogP contribution in [0.25, 0.3) is 10.2 Å². The van der Waals surface area contributed by atoms with Gasteiger partial charge in [-0.2, -0.15) is 0 Å². The van der Waals surface area contributed by atoms with Gasteiger partial charge in [-0.15, -0.1) is 36.2 Å². The normalized spacial score (nSPS) is 17.1. The summed E-state index contributed by atoms with van der Waals surface area (Å²) in [7, 11) is 0. The number of nitrogens with two attached hydrogens (primary N) is 1. The molecule has 122 valence electrons. The Kier molecular flexibility index (Phi) is 7.56. The third kappa shape index (κ3) is 3.90. The van der Waals surface area contributed by atoms with Gasteiger partial charge in [0.1, 0.15) is 5.01 Å². The number of thiazole rings is 1. The van der Waals surface area contributed by atoms with E-state index < -0.39 is 0 Å². The molecule has 3 rings (SSSR count). The molecule has 2 aromatic rings. The standard InChI is InChI=1S/C15H19N3OS.2ClH/c16-9-3-8-14(19)18-10-4-6-12(18)15-17-11-5-1-2-7-13(11)20-15;;/h1-2,5,7,12H,3-4,6,8-10,16H2;2*1H. The van der Waals surface area contributed by atoms with Crippen molar-refractivity contribution < 1.29 is 4.79 Å². The molecule has 4 nitrogen and oxygen atoms in total. The maximum absolute atomic E-state index is 12.3. The molecule has 1 amide bonds. The highest BCUT2D eigenvalue weighted by Gasteiger charge is 2.31. The maximum Gasteiger partial charge on any atom is 0.223 e. The molecule has 0 radical (unpaired) electrons. The van der Waals surface area contributed by atoms with E-state index in [2.05, 4.69) is 6.07 Å². The Morgan fingerprint density at radius 1 is 1.36 bits per heavy atom. The lowest BCUT2D eigenvalue weighted by molar-refractivity contribution is -0.132. The molecule has 22 heavy (non-hydrogen) atoms. The molecule has 2 heterocycles. The van der Waals surface area contributed by atoms with Crippen LogP contribution >= 0.6 is 36.2 Å². The Labute approximate surface area is 146 Å². The number of fused-ring (bicyclic) bond motifs is 1. The molecule has 1 fully saturated rings. The Bertz CT molecular complexity index is 587. The third-order valence-electron chi connectivity index (χ3n) is 3.76. The van der Waals surface area contributed by atoms with E-state index in [9.17, 15) is 4.79 Å². The molecule has 0 spiro atoms. The summed E-state index contributed by atoms with van der Waals surface area (Å²) in [4.78, 5) is 19.0. The predicted octanol–water partition coefficient (Wildman–Crippen LogP) is 3.54. The number of nitrogens with zero attached hydrogens (tertiary/aromatic N) is 2. The van der Waals surface area contributed by atoms with Gasteiger partial charge in [0, 0.05) is 13.0 Å². The summed E-state index contributed by atoms with van der Waals surface area (Å²) in [5, 5.41) is 1.07. The number of likely N-dealkylation sites (tertiary alicyclic amines) is 1. The van der Waals surface area contributed by atoms with Crippen LogP contribution in [0.15, 0.2) is 24.3 Å². The van der Waals surface area contributed by atoms with Crippen molar-refractivity contribution in [2.45, 2.75) is 31.7 Å². The van der Waals surface area contributed by atoms with Crippen molar-refractivity contribution in [3.63, 3.8) is 0 Å². The number of hydrogen-bond donors (Lipinski definition) is 1. The first-order valence-corrected chi connectivity index (χ1v) is 7.96. The molecular formula is C15H21Cl2N3OS. The van der Waals surface area contributed by atoms with Gasteiger partial charge >= 0.3 is 0 Å². The second-order valence-corrected chi connectivity index (χ2v) is 6.22. The molecule has 0 bridgehead atoms. The summed E-state index contributed by atoms with van der Waals surface area (Å²) in [6.07, 6.45) is 3.41. The molecule has 7 heteroatoms. The predicted molar refractivity (Wildman–Crippen MR) is 96.1 cm³/mol. The van der Waals surface area contributed by atoms with Crippen molar-refractivity contribution in [3.8, 4) is 0 Å². The van der Waals surface area contributed by atoms with Gasteiger partial charge in [0.25, 0.3) is 0 Å². The van der Waals surface area contributed by atoms with Crippen LogP contribution in [0, 0.1) is 0 Å². The van der Waals surface area contributed by atoms with E-state index in [1.54, 1.807) is 11.3 Å². The number of amides is 1. The summed E-state index contributed by atoms with van der Waals surface area (Å²) < 4.78 is 1.20. The van der Waals surface area contributed by atoms with E-state index in [0.29, 0.717) is 13.0 Å². The Balaban J connectivity index is 0.00000121. The second-order valence-electron chi connectivity index (χ2n) is 5.16. The third-order valence-corrected chi connectivity index (χ3v) is 4.90. The van der Waals surface area contributed by atoms with Gasteiger partial charge in [0.2, 0.25) is 5.91 Å². The second kappa shape index (κ2) is 8.67. The Hall–Kier alpha value is -0.880. The van der Waals surface area contributed by atoms with Crippen LogP contribution in [0.5, 0.6) is 0 Å². The first-order valence-electron chi connectivity index (χ1n) is 7.14. The van der Waals surface area contributed by atoms with Gasteiger partial charge in [0.05, 0.1) is 16.3 Å². The lowest BCUT2D eigenvalue weighted by Crippen LogP contribution is -2.30. The molecule has 1 aromatic carbocycles. The summed E-state index contributed by atoms with van der Waals surface area (Å²) in [5.41, 5.74) is 6.53. The molecule has 1 atom stereocenters. The average Bonchev–Trinajstić information content (AvgIpc) is 3.09. The summed E-state index contributed by atoms with van der Waals surface area (Å²) >= 11 is 1.71. The zero-order valence-corrected chi connectivity index (χ0v) is 14.7. The van der Waals surface area contributed by atoms with Crippen molar-refractivity contribution in [3.05, 3.63) is 29.3 Å². The minimum Gasteiger partial charge on any atom is -0.333 e. The highest BCUT2D eigenvalue weighted by Crippen LogP contribution is 2.36. The number of para-hydroxylation sites is 1. The van der Waals surface area contributed by atoms with Gasteiger partial charge in [-0.3, -0.25) is 4.79 Å². The summed E-state index contributed by atoms with van der Waals surface area (Å²) in [6, 6.07) is 8.32. The lowest BCUT2D eigenvalue weighted by Gasteiger charge is -2.23. The van der Waals surface area contributed by atoms with E-state index in [0.717, 1.165) is 36.3 Å². The highest BCUT2D eigenvalue weighted by atomic mass is 35.5. The zero-order valence-electron chi connectivity index (χ0n) is 12.2. The Morgan fingerprint density at radius 2 is 2.14 bits per heavy atom. The van der Waals surface area contributed by atoms with E-state index >= 15 is 0 Å². The smallest absolute Gasteiger partial charge is 0.223 e. The molecule has 0 saturated carbocycles. The summed E-state index contributed by atoms with van der Waals surface area (Å²) in [5.74, 6) is 0.220. The molecule has 1 saturated heterocycles. The van der Waals surface area contributed by atoms with E-state index in [1.165, 1.54) is 4.70 Å². The van der Waals surface area contributed by atoms with Crippen molar-refractivity contribution in [2.75, 3.05) is 13.1 Å². The van der Waals surface area contributed by atoms with Crippen molar-refractivity contribution in [2.24, 2.45) is 5.73 Å². The molecule has 2 N–H and O–H groups in total. The quantitative estimate of drug-likeness (QED) is 0.905. The number of carbonyl (C=O) groups excluding carboxylic acids is 1. The largest absolute Gasteiger partial charge is 0.333 e. The first-order chi connectivity index (χ1) is 9.79. The molecule has 1 aliphatic heterocycles. The van der Waals surface area contributed by atoms with E-state index in [-0.39, 0.29) is 36.8 Å². The fourth-order valence-electron chi connectivity index (χ4n) is 2.75. The minimum absolute atomic E-state index is 0. The van der Waals surface area contributed by atoms with Gasteiger partial charge < -0.3 is 10.6 Å². The van der Waals surface area contributed by atoms with Crippen LogP contribution in [0.4, 0.5) is 0 Å². The van der Waals surface area contributed by atoms with Crippen LogP contribution in [0.3, 0.4) is 0 Å². The topological polar surface area (TPSA) is 59.2 Å². The fourth-order valence-corrected chi connectivity index (χ4v) is 3.87. The average molecular weight is 362 g/mol. The number of benzene rings is 1. The highest BCUT2D eigenvalue weighted by molar-refractivity contribution is 7.18. The number of hydrogen-bond acceptors (Lipinski definition) is 4. The van der Waals surface area contributed by atoms with Crippen molar-refractivity contribution in [1.29, 1.82) is 0 Å². The minimum atomic E-state index is 0. The number of halogens is 2. The fraction of sp³-hybridized carbons (Fsp3) is 0.467. The van der Waals surface area contributed by atoms with Gasteiger partial charge in [-0.25, -0.2) is 4.98 Å². The zero-order chi connectivity index (χ0) is 13.9. The van der Waals surface area contributed by atoms with E-state index in [1.807, 2.05) is 23.1 Å². The van der Waals surface area contributed by atoms with Gasteiger partial charge in [-0.1, -0.05) is 12.1 Å². The monoisotopic (exact) mass is 361 g/mol. The number of carbonyl (C=O) groups is 1. The van der Waals surface area contributed by atoms with Crippen LogP contribution in [0.1, 0.15) is 36.7 Å². The SMILES string of the molecule is Cl.Cl.NCCCC(=O)N1CCCC1c1nc2ccccc2s1. The van der Waals surface area contributed by atoms with E-state index in [4.69, 9.17) is 10.7 Å². The lowest BCUT2D eigenvalue weighted by atomic mass is 10.2. The summed E-state index contributed by atoms with van der Waals surface area (Å²) in [6.45, 7) is 1.43. The van der Waals surface area contributed by atoms with Crippen LogP contribution < -0.4 is 5.73 Å². The first kappa shape index (κ1) is 19.2. The number of rotatable bonds is 4. The van der Waals surface area contributed by atoms with Crippen LogP contribution in [-0.2, 0) is 4.79 Å². The van der Waals surface area contributed by atoms with Crippen LogP contribution in [-0.4, -0.2) is 28.9 Å². The molecular weight excluding hydrogens is 341 g/mol.